The van der Waals surface area contributed by atoms with Crippen molar-refractivity contribution in [3.8, 4) is 0 Å². The zero-order valence-corrected chi connectivity index (χ0v) is 14.4. The Morgan fingerprint density at radius 3 is 2.71 bits per heavy atom. The molecule has 0 aliphatic rings. The van der Waals surface area contributed by atoms with Crippen LogP contribution in [0.15, 0.2) is 42.5 Å². The molecule has 3 rings (SSSR count). The average Bonchev–Trinajstić information content (AvgIpc) is 2.75. The van der Waals surface area contributed by atoms with Crippen molar-refractivity contribution in [1.82, 2.24) is 9.55 Å². The molecular formula is C16H14FIN2S. The molecule has 0 aliphatic carbocycles. The van der Waals surface area contributed by atoms with Gasteiger partial charge in [-0.15, -0.1) is 0 Å². The molecule has 0 spiro atoms. The highest BCUT2D eigenvalue weighted by Crippen LogP contribution is 2.25. The lowest BCUT2D eigenvalue weighted by molar-refractivity contribution is 0.551. The fourth-order valence-electron chi connectivity index (χ4n) is 2.60. The molecule has 0 radical (unpaired) electrons. The maximum atomic E-state index is 13.9. The Morgan fingerprint density at radius 1 is 1.29 bits per heavy atom. The third kappa shape index (κ3) is 2.89. The van der Waals surface area contributed by atoms with Gasteiger partial charge in [-0.25, -0.2) is 4.39 Å². The van der Waals surface area contributed by atoms with E-state index in [2.05, 4.69) is 24.0 Å². The predicted octanol–water partition coefficient (Wildman–Crippen LogP) is 5.25. The zero-order valence-electron chi connectivity index (χ0n) is 11.4. The number of nitrogens with one attached hydrogen (secondary N) is 1. The summed E-state index contributed by atoms with van der Waals surface area (Å²) in [5, 5.41) is 0. The number of halogens is 2. The molecule has 1 N–H and O–H groups in total. The van der Waals surface area contributed by atoms with Gasteiger partial charge in [0.15, 0.2) is 4.77 Å². The number of hydrogen-bond acceptors (Lipinski definition) is 1. The van der Waals surface area contributed by atoms with E-state index in [-0.39, 0.29) is 11.9 Å². The van der Waals surface area contributed by atoms with Crippen LogP contribution in [0.4, 0.5) is 4.39 Å². The number of aromatic nitrogens is 2. The third-order valence-electron chi connectivity index (χ3n) is 3.57. The Hall–Kier alpha value is -1.21. The van der Waals surface area contributed by atoms with Gasteiger partial charge in [0.1, 0.15) is 5.82 Å². The summed E-state index contributed by atoms with van der Waals surface area (Å²) in [7, 11) is 0. The fraction of sp³-hybridized carbons (Fsp3) is 0.188. The molecule has 0 fully saturated rings. The van der Waals surface area contributed by atoms with Gasteiger partial charge in [-0.2, -0.15) is 0 Å². The monoisotopic (exact) mass is 412 g/mol. The second-order valence-corrected chi connectivity index (χ2v) is 6.67. The van der Waals surface area contributed by atoms with Crippen molar-refractivity contribution >= 4 is 45.8 Å². The maximum absolute atomic E-state index is 13.9. The van der Waals surface area contributed by atoms with Crippen LogP contribution in [0.25, 0.3) is 11.0 Å². The van der Waals surface area contributed by atoms with Crippen LogP contribution in [0.2, 0.25) is 0 Å². The van der Waals surface area contributed by atoms with Gasteiger partial charge in [0.2, 0.25) is 0 Å². The first kappa shape index (κ1) is 14.7. The molecule has 0 amide bonds. The Balaban J connectivity index is 2.05. The Kier molecular flexibility index (Phi) is 4.12. The fourth-order valence-corrected chi connectivity index (χ4v) is 3.46. The summed E-state index contributed by atoms with van der Waals surface area (Å²) in [6.45, 7) is 2.10. The Morgan fingerprint density at radius 2 is 2.00 bits per heavy atom. The first-order valence-electron chi connectivity index (χ1n) is 6.69. The molecule has 2 aromatic carbocycles. The first-order valence-corrected chi connectivity index (χ1v) is 8.18. The number of H-pyrrole nitrogens is 1. The van der Waals surface area contributed by atoms with E-state index in [1.165, 1.54) is 5.56 Å². The summed E-state index contributed by atoms with van der Waals surface area (Å²) in [5.74, 6) is -0.210. The quantitative estimate of drug-likeness (QED) is 0.461. The van der Waals surface area contributed by atoms with E-state index in [1.807, 2.05) is 45.4 Å². The largest absolute Gasteiger partial charge is 0.331 e. The molecule has 3 aromatic rings. The SMILES string of the molecule is CC(Cc1ccccc1)n1c(=S)[nH]c2cc(I)c(F)cc21. The number of benzene rings is 2. The van der Waals surface area contributed by atoms with Gasteiger partial charge >= 0.3 is 0 Å². The third-order valence-corrected chi connectivity index (χ3v) is 4.70. The molecule has 0 saturated carbocycles. The lowest BCUT2D eigenvalue weighted by atomic mass is 10.1. The van der Waals surface area contributed by atoms with Crippen LogP contribution in [0.5, 0.6) is 0 Å². The van der Waals surface area contributed by atoms with E-state index in [1.54, 1.807) is 12.1 Å². The van der Waals surface area contributed by atoms with Crippen molar-refractivity contribution in [3.63, 3.8) is 0 Å². The van der Waals surface area contributed by atoms with Crippen molar-refractivity contribution in [3.05, 3.63) is 62.2 Å². The summed E-state index contributed by atoms with van der Waals surface area (Å²) in [6.07, 6.45) is 0.857. The summed E-state index contributed by atoms with van der Waals surface area (Å²) in [4.78, 5) is 3.17. The van der Waals surface area contributed by atoms with Crippen molar-refractivity contribution in [2.45, 2.75) is 19.4 Å². The topological polar surface area (TPSA) is 20.7 Å². The molecule has 0 bridgehead atoms. The number of hydrogen-bond donors (Lipinski definition) is 1. The van der Waals surface area contributed by atoms with Crippen LogP contribution >= 0.6 is 34.8 Å². The van der Waals surface area contributed by atoms with E-state index < -0.39 is 0 Å². The molecule has 108 valence electrons. The average molecular weight is 412 g/mol. The summed E-state index contributed by atoms with van der Waals surface area (Å²) in [5.41, 5.74) is 2.94. The summed E-state index contributed by atoms with van der Waals surface area (Å²) < 4.78 is 17.1. The molecule has 0 aliphatic heterocycles. The van der Waals surface area contributed by atoms with Gasteiger partial charge in [0.25, 0.3) is 0 Å². The summed E-state index contributed by atoms with van der Waals surface area (Å²) >= 11 is 7.41. The molecule has 21 heavy (non-hydrogen) atoms. The molecule has 1 unspecified atom stereocenters. The highest BCUT2D eigenvalue weighted by molar-refractivity contribution is 14.1. The summed E-state index contributed by atoms with van der Waals surface area (Å²) in [6, 6.07) is 13.8. The molecular weight excluding hydrogens is 398 g/mol. The van der Waals surface area contributed by atoms with Crippen LogP contribution in [0.3, 0.4) is 0 Å². The van der Waals surface area contributed by atoms with E-state index in [4.69, 9.17) is 12.2 Å². The number of rotatable bonds is 3. The van der Waals surface area contributed by atoms with Gasteiger partial charge in [0.05, 0.1) is 14.6 Å². The van der Waals surface area contributed by atoms with Gasteiger partial charge in [-0.05, 0) is 59.8 Å². The van der Waals surface area contributed by atoms with Crippen LogP contribution in [0, 0.1) is 14.2 Å². The minimum absolute atomic E-state index is 0.160. The zero-order chi connectivity index (χ0) is 15.0. The molecule has 5 heteroatoms. The van der Waals surface area contributed by atoms with Gasteiger partial charge in [0, 0.05) is 12.1 Å². The number of aromatic amines is 1. The lowest BCUT2D eigenvalue weighted by Gasteiger charge is -2.15. The number of imidazole rings is 1. The van der Waals surface area contributed by atoms with E-state index >= 15 is 0 Å². The van der Waals surface area contributed by atoms with Crippen LogP contribution in [-0.4, -0.2) is 9.55 Å². The Bertz CT molecular complexity index is 839. The van der Waals surface area contributed by atoms with E-state index in [0.717, 1.165) is 17.5 Å². The normalized spacial score (nSPS) is 12.7. The van der Waals surface area contributed by atoms with Gasteiger partial charge in [-0.3, -0.25) is 0 Å². The molecule has 1 atom stereocenters. The van der Waals surface area contributed by atoms with Gasteiger partial charge in [-0.1, -0.05) is 30.3 Å². The molecule has 0 saturated heterocycles. The predicted molar refractivity (Wildman–Crippen MR) is 94.7 cm³/mol. The second kappa shape index (κ2) is 5.88. The van der Waals surface area contributed by atoms with Crippen LogP contribution in [-0.2, 0) is 6.42 Å². The molecule has 2 nitrogen and oxygen atoms in total. The van der Waals surface area contributed by atoms with Crippen molar-refractivity contribution in [2.75, 3.05) is 0 Å². The van der Waals surface area contributed by atoms with Crippen molar-refractivity contribution in [2.24, 2.45) is 0 Å². The highest BCUT2D eigenvalue weighted by Gasteiger charge is 2.14. The first-order chi connectivity index (χ1) is 10.1. The van der Waals surface area contributed by atoms with Crippen molar-refractivity contribution < 1.29 is 4.39 Å². The van der Waals surface area contributed by atoms with Crippen LogP contribution in [0.1, 0.15) is 18.5 Å². The number of fused-ring (bicyclic) bond motifs is 1. The maximum Gasteiger partial charge on any atom is 0.178 e. The smallest absolute Gasteiger partial charge is 0.178 e. The second-order valence-electron chi connectivity index (χ2n) is 5.12. The van der Waals surface area contributed by atoms with Crippen LogP contribution < -0.4 is 0 Å². The standard InChI is InChI=1S/C16H14FIN2S/c1-10(7-11-5-3-2-4-6-11)20-15-8-12(17)13(18)9-14(15)19-16(20)21/h2-6,8-10H,7H2,1H3,(H,19,21). The van der Waals surface area contributed by atoms with E-state index in [9.17, 15) is 4.39 Å². The Labute approximate surface area is 141 Å². The molecule has 1 aromatic heterocycles. The highest BCUT2D eigenvalue weighted by atomic mass is 127. The molecule has 1 heterocycles. The lowest BCUT2D eigenvalue weighted by Crippen LogP contribution is -2.08. The minimum Gasteiger partial charge on any atom is -0.331 e. The minimum atomic E-state index is -0.210. The number of nitrogens with zero attached hydrogens (tertiary/aromatic N) is 1. The van der Waals surface area contributed by atoms with E-state index in [0.29, 0.717) is 8.34 Å². The van der Waals surface area contributed by atoms with Gasteiger partial charge < -0.3 is 9.55 Å². The van der Waals surface area contributed by atoms with Crippen molar-refractivity contribution in [1.29, 1.82) is 0 Å².